The number of rotatable bonds is 6. The predicted molar refractivity (Wildman–Crippen MR) is 401 cm³/mol. The molecule has 1 spiro atoms. The van der Waals surface area contributed by atoms with E-state index in [0.29, 0.717) is 28.3 Å². The lowest BCUT2D eigenvalue weighted by Crippen LogP contribution is -2.27. The second-order valence-electron chi connectivity index (χ2n) is 24.2. The quantitative estimate of drug-likeness (QED) is 0.134. The average molecular weight is 1400 g/mol. The molecule has 3 aromatic heterocycles. The number of aliphatic hydroxyl groups is 1. The number of benzene rings is 12. The number of nitrogens with zero attached hydrogens (tertiary/aromatic N) is 6. The van der Waals surface area contributed by atoms with Crippen LogP contribution in [0.2, 0.25) is 0 Å². The van der Waals surface area contributed by atoms with Gasteiger partial charge in [0.2, 0.25) is 0 Å². The molecule has 101 heavy (non-hydrogen) atoms. The molecule has 0 amide bonds. The maximum Gasteiger partial charge on any atom is 0.394 e. The van der Waals surface area contributed by atoms with Crippen LogP contribution in [0.3, 0.4) is 0 Å². The van der Waals surface area contributed by atoms with Crippen LogP contribution in [0.25, 0.3) is 101 Å². The minimum atomic E-state index is -4.67. The summed E-state index contributed by atoms with van der Waals surface area (Å²) < 4.78 is 32.7. The lowest BCUT2D eigenvalue weighted by Gasteiger charge is -2.29. The van der Waals surface area contributed by atoms with Gasteiger partial charge in [-0.3, -0.25) is 13.9 Å². The first-order valence-corrected chi connectivity index (χ1v) is 34.8. The van der Waals surface area contributed by atoms with Gasteiger partial charge in [0.1, 0.15) is 5.60 Å². The van der Waals surface area contributed by atoms with Crippen LogP contribution in [0.1, 0.15) is 54.9 Å². The van der Waals surface area contributed by atoms with Gasteiger partial charge < -0.3 is 5.11 Å². The highest BCUT2D eigenvalue weighted by Gasteiger charge is 2.53. The van der Waals surface area contributed by atoms with E-state index in [1.807, 2.05) is 182 Å². The molecule has 0 bridgehead atoms. The highest BCUT2D eigenvalue weighted by molar-refractivity contribution is 9.10. The zero-order valence-corrected chi connectivity index (χ0v) is 56.3. The molecule has 0 radical (unpaired) electrons. The van der Waals surface area contributed by atoms with Crippen molar-refractivity contribution in [2.75, 3.05) is 0 Å². The summed E-state index contributed by atoms with van der Waals surface area (Å²) in [4.78, 5) is 40.7. The van der Waals surface area contributed by atoms with Crippen molar-refractivity contribution in [2.24, 2.45) is 0 Å². The summed E-state index contributed by atoms with van der Waals surface area (Å²) in [7, 11) is -4.67. The normalized spacial score (nSPS) is 13.8. The van der Waals surface area contributed by atoms with Gasteiger partial charge in [0.15, 0.2) is 23.3 Å². The van der Waals surface area contributed by atoms with E-state index in [9.17, 15) is 9.90 Å². The maximum atomic E-state index is 12.4. The van der Waals surface area contributed by atoms with E-state index >= 15 is 0 Å². The van der Waals surface area contributed by atoms with Crippen LogP contribution in [-0.2, 0) is 21.4 Å². The molecule has 12 aromatic carbocycles. The Morgan fingerprint density at radius 1 is 0.277 bits per heavy atom. The summed E-state index contributed by atoms with van der Waals surface area (Å²) in [5, 5.41) is 12.4. The zero-order chi connectivity index (χ0) is 69.1. The van der Waals surface area contributed by atoms with E-state index < -0.39 is 16.0 Å². The molecular formula is C87H59BrN6O6S. The van der Waals surface area contributed by atoms with Gasteiger partial charge in [0.25, 0.3) is 0 Å². The van der Waals surface area contributed by atoms with Crippen molar-refractivity contribution in [3.8, 4) is 101 Å². The van der Waals surface area contributed by atoms with Crippen molar-refractivity contribution in [3.63, 3.8) is 0 Å². The molecule has 486 valence electrons. The Morgan fingerprint density at radius 3 is 1.04 bits per heavy atom. The molecule has 0 saturated carbocycles. The summed E-state index contributed by atoms with van der Waals surface area (Å²) in [6, 6.07) is 109. The topological polar surface area (TPSA) is 189 Å². The highest BCUT2D eigenvalue weighted by Crippen LogP contribution is 2.62. The summed E-state index contributed by atoms with van der Waals surface area (Å²) >= 11 is 3.53. The lowest BCUT2D eigenvalue weighted by molar-refractivity contribution is 0.104. The van der Waals surface area contributed by atoms with Gasteiger partial charge in [-0.25, -0.2) is 29.9 Å². The number of hydrogen-bond acceptors (Lipinski definition) is 10. The number of aromatic nitrogens is 6. The molecule has 1 atom stereocenters. The fraction of sp³-hybridized carbons (Fsp3) is 0.0230. The van der Waals surface area contributed by atoms with Crippen molar-refractivity contribution < 1.29 is 27.4 Å². The number of hydrogen-bond donors (Lipinski definition) is 3. The number of fused-ring (bicyclic) bond motifs is 16. The summed E-state index contributed by atoms with van der Waals surface area (Å²) in [6.45, 7) is 0. The minimum absolute atomic E-state index is 0.00946. The van der Waals surface area contributed by atoms with Crippen LogP contribution in [0.4, 0.5) is 0 Å². The van der Waals surface area contributed by atoms with Crippen molar-refractivity contribution in [1.29, 1.82) is 0 Å². The molecule has 0 fully saturated rings. The first-order valence-electron chi connectivity index (χ1n) is 32.6. The summed E-state index contributed by atoms with van der Waals surface area (Å²) in [5.74, 6) is 2.08. The Labute approximate surface area is 592 Å². The lowest BCUT2D eigenvalue weighted by atomic mass is 9.71. The molecule has 15 aromatic rings. The Bertz CT molecular complexity index is 5670. The molecular weight excluding hydrogens is 1340 g/mol. The third kappa shape index (κ3) is 12.3. The van der Waals surface area contributed by atoms with Crippen LogP contribution >= 0.6 is 15.9 Å². The molecule has 19 rings (SSSR count). The Kier molecular flexibility index (Phi) is 17.7. The molecule has 3 N–H and O–H groups in total. The third-order valence-electron chi connectivity index (χ3n) is 18.4. The molecule has 4 aliphatic carbocycles. The smallest absolute Gasteiger partial charge is 0.376 e. The molecule has 12 nitrogen and oxygen atoms in total. The van der Waals surface area contributed by atoms with Gasteiger partial charge in [-0.15, -0.1) is 0 Å². The molecule has 0 aliphatic heterocycles. The van der Waals surface area contributed by atoms with Crippen molar-refractivity contribution in [2.45, 2.75) is 11.0 Å². The third-order valence-corrected chi connectivity index (χ3v) is 19.1. The fourth-order valence-corrected chi connectivity index (χ4v) is 14.6. The first-order chi connectivity index (χ1) is 49.4. The largest absolute Gasteiger partial charge is 0.394 e. The minimum Gasteiger partial charge on any atom is -0.376 e. The fourth-order valence-electron chi connectivity index (χ4n) is 14.1. The van der Waals surface area contributed by atoms with Crippen LogP contribution in [0.15, 0.2) is 345 Å². The van der Waals surface area contributed by atoms with Gasteiger partial charge in [-0.1, -0.05) is 331 Å². The van der Waals surface area contributed by atoms with Gasteiger partial charge in [-0.05, 0) is 56.1 Å². The average Bonchev–Trinajstić information content (AvgIpc) is 1.50. The standard InChI is InChI=1S/C29H20N2O.C29H18N2.C17H10N2O.C12H9Br.H2O4S/c32-29(24-17-9-7-15-22(24)20-11-3-1-4-12-20)25-18-10-8-16-23(25)27-26(29)19-30-28(31-27)21-13-5-2-6-14-21;1-2-10-19(11-3-1)28-30-18-26-27(31-28)22-14-6-9-17-25(22)29(26)23-15-7-4-12-20(23)21-13-5-8-16-24(21)29;20-16-13-9-5-4-8-12(13)15-14(16)10-18-17(19-15)11-6-2-1-3-7-11;13-12-9-5-4-8-11(12)10-6-2-1-3-7-10;1-5(2,3)4/h1-19,32H;1-18H;1-10H;1-9H;(H2,1,2,3,4). The van der Waals surface area contributed by atoms with E-state index in [1.165, 1.54) is 50.1 Å². The van der Waals surface area contributed by atoms with E-state index in [0.717, 1.165) is 77.4 Å². The van der Waals surface area contributed by atoms with Gasteiger partial charge >= 0.3 is 10.4 Å². The first kappa shape index (κ1) is 64.8. The Morgan fingerprint density at radius 2 is 0.574 bits per heavy atom. The van der Waals surface area contributed by atoms with Crippen LogP contribution in [-0.4, -0.2) is 58.3 Å². The van der Waals surface area contributed by atoms with Crippen molar-refractivity contribution in [1.82, 2.24) is 29.9 Å². The maximum absolute atomic E-state index is 12.4. The predicted octanol–water partition coefficient (Wildman–Crippen LogP) is 19.4. The number of carbonyl (C=O) groups excluding carboxylic acids is 1. The molecule has 4 aliphatic rings. The molecule has 3 heterocycles. The van der Waals surface area contributed by atoms with Gasteiger partial charge in [0, 0.05) is 84.3 Å². The summed E-state index contributed by atoms with van der Waals surface area (Å²) in [5.41, 5.74) is 22.7. The van der Waals surface area contributed by atoms with E-state index in [4.69, 9.17) is 32.5 Å². The summed E-state index contributed by atoms with van der Waals surface area (Å²) in [6.07, 6.45) is 5.48. The number of halogens is 1. The number of carbonyl (C=O) groups is 1. The molecule has 1 unspecified atom stereocenters. The van der Waals surface area contributed by atoms with E-state index in [1.54, 1.807) is 12.4 Å². The SMILES string of the molecule is Brc1ccccc1-c1ccccc1.O=C1c2ccccc2-c2nc(-c3ccccc3)ncc21.O=S(=O)(O)O.OC1(c2ccccc2-c2ccccc2)c2ccccc2-c2nc(-c3ccccc3)ncc21.c1ccc(-c2ncc3c(n2)-c2ccccc2C32c3ccccc3-c3ccccc32)cc1. The Balaban J connectivity index is 0.000000111. The number of ketones is 1. The zero-order valence-electron chi connectivity index (χ0n) is 53.9. The highest BCUT2D eigenvalue weighted by atomic mass is 79.9. The monoisotopic (exact) mass is 1390 g/mol. The van der Waals surface area contributed by atoms with E-state index in [2.05, 4.69) is 177 Å². The van der Waals surface area contributed by atoms with Crippen LogP contribution in [0.5, 0.6) is 0 Å². The van der Waals surface area contributed by atoms with Crippen LogP contribution < -0.4 is 0 Å². The van der Waals surface area contributed by atoms with Gasteiger partial charge in [-0.2, -0.15) is 8.42 Å². The van der Waals surface area contributed by atoms with Crippen molar-refractivity contribution >= 4 is 32.1 Å². The molecule has 0 saturated heterocycles. The second-order valence-corrected chi connectivity index (χ2v) is 25.9. The van der Waals surface area contributed by atoms with E-state index in [-0.39, 0.29) is 11.2 Å². The van der Waals surface area contributed by atoms with Gasteiger partial charge in [0.05, 0.1) is 28.1 Å². The van der Waals surface area contributed by atoms with Crippen molar-refractivity contribution in [3.05, 3.63) is 395 Å². The Hall–Kier alpha value is -12.1. The molecule has 14 heteroatoms. The van der Waals surface area contributed by atoms with Crippen LogP contribution in [0, 0.1) is 0 Å². The second kappa shape index (κ2) is 27.6.